The van der Waals surface area contributed by atoms with E-state index >= 15 is 0 Å². The van der Waals surface area contributed by atoms with Gasteiger partial charge in [-0.3, -0.25) is 0 Å². The molecule has 1 aliphatic carbocycles. The molecule has 1 N–H and O–H groups in total. The van der Waals surface area contributed by atoms with Crippen LogP contribution in [-0.4, -0.2) is 23.1 Å². The first-order valence-electron chi connectivity index (χ1n) is 15.5. The van der Waals surface area contributed by atoms with E-state index in [1.165, 1.54) is 54.5 Å². The summed E-state index contributed by atoms with van der Waals surface area (Å²) < 4.78 is 0. The second-order valence-electron chi connectivity index (χ2n) is 11.8. The second kappa shape index (κ2) is 13.9. The zero-order chi connectivity index (χ0) is 30.3. The van der Waals surface area contributed by atoms with Crippen LogP contribution in [0.4, 0.5) is 10.8 Å². The van der Waals surface area contributed by atoms with E-state index in [1.54, 1.807) is 23.5 Å². The molecule has 1 aliphatic rings. The summed E-state index contributed by atoms with van der Waals surface area (Å²) in [6, 6.07) is 35.8. The van der Waals surface area contributed by atoms with E-state index in [9.17, 15) is 4.79 Å². The molecule has 0 spiro atoms. The van der Waals surface area contributed by atoms with Gasteiger partial charge < -0.3 is 14.9 Å². The molecule has 224 valence electrons. The van der Waals surface area contributed by atoms with Gasteiger partial charge in [-0.2, -0.15) is 0 Å². The molecule has 5 nitrogen and oxygen atoms in total. The molecule has 0 aliphatic heterocycles. The van der Waals surface area contributed by atoms with Gasteiger partial charge >= 0.3 is 5.97 Å². The van der Waals surface area contributed by atoms with Gasteiger partial charge in [-0.1, -0.05) is 98.1 Å². The number of anilines is 2. The summed E-state index contributed by atoms with van der Waals surface area (Å²) in [7, 11) is 2.01. The highest BCUT2D eigenvalue weighted by Crippen LogP contribution is 2.33. The summed E-state index contributed by atoms with van der Waals surface area (Å²) in [5.41, 5.74) is 8.69. The number of hydrogen-bond acceptors (Lipinski definition) is 5. The van der Waals surface area contributed by atoms with Crippen LogP contribution in [0.5, 0.6) is 0 Å². The zero-order valence-electron chi connectivity index (χ0n) is 25.2. The SMILES string of the molecule is CN(Cc1ccc(C(=O)O)cc1)c1nc(-c2ccc(N(Cc3ccccc3)Cc3ccc(C4CCCCC4)cc3)cc2)cs1. The summed E-state index contributed by atoms with van der Waals surface area (Å²) in [5.74, 6) is -0.186. The first-order chi connectivity index (χ1) is 21.5. The predicted molar refractivity (Wildman–Crippen MR) is 182 cm³/mol. The molecule has 1 saturated carbocycles. The van der Waals surface area contributed by atoms with Crippen LogP contribution in [0.3, 0.4) is 0 Å². The first-order valence-corrected chi connectivity index (χ1v) is 16.4. The lowest BCUT2D eigenvalue weighted by molar-refractivity contribution is 0.0697. The molecular formula is C38H39N3O2S. The van der Waals surface area contributed by atoms with Crippen LogP contribution in [0.15, 0.2) is 109 Å². The topological polar surface area (TPSA) is 56.7 Å². The Morgan fingerprint density at radius 1 is 0.773 bits per heavy atom. The maximum absolute atomic E-state index is 11.2. The molecule has 0 radical (unpaired) electrons. The van der Waals surface area contributed by atoms with Gasteiger partial charge in [0.1, 0.15) is 0 Å². The van der Waals surface area contributed by atoms with Crippen molar-refractivity contribution < 1.29 is 9.90 Å². The largest absolute Gasteiger partial charge is 0.478 e. The lowest BCUT2D eigenvalue weighted by Crippen LogP contribution is -2.22. The van der Waals surface area contributed by atoms with Gasteiger partial charge in [0, 0.05) is 43.3 Å². The van der Waals surface area contributed by atoms with Crippen LogP contribution in [0.2, 0.25) is 0 Å². The molecule has 5 aromatic rings. The number of thiazole rings is 1. The second-order valence-corrected chi connectivity index (χ2v) is 12.7. The lowest BCUT2D eigenvalue weighted by Gasteiger charge is -2.26. The summed E-state index contributed by atoms with van der Waals surface area (Å²) in [6.45, 7) is 2.34. The van der Waals surface area contributed by atoms with Crippen LogP contribution in [-0.2, 0) is 19.6 Å². The van der Waals surface area contributed by atoms with Crippen molar-refractivity contribution in [3.8, 4) is 11.3 Å². The van der Waals surface area contributed by atoms with E-state index in [4.69, 9.17) is 10.1 Å². The highest BCUT2D eigenvalue weighted by atomic mass is 32.1. The summed E-state index contributed by atoms with van der Waals surface area (Å²) >= 11 is 1.62. The monoisotopic (exact) mass is 601 g/mol. The third kappa shape index (κ3) is 7.37. The number of carboxylic acids is 1. The van der Waals surface area contributed by atoms with Crippen LogP contribution < -0.4 is 9.80 Å². The Balaban J connectivity index is 1.15. The van der Waals surface area contributed by atoms with Crippen LogP contribution in [0.1, 0.15) is 70.6 Å². The van der Waals surface area contributed by atoms with Crippen molar-refractivity contribution in [2.45, 2.75) is 57.7 Å². The van der Waals surface area contributed by atoms with Gasteiger partial charge in [-0.25, -0.2) is 9.78 Å². The molecular weight excluding hydrogens is 563 g/mol. The fraction of sp³-hybridized carbons (Fsp3) is 0.263. The number of hydrogen-bond donors (Lipinski definition) is 1. The van der Waals surface area contributed by atoms with E-state index < -0.39 is 5.97 Å². The van der Waals surface area contributed by atoms with Crippen molar-refractivity contribution in [3.63, 3.8) is 0 Å². The molecule has 0 atom stereocenters. The van der Waals surface area contributed by atoms with Crippen LogP contribution >= 0.6 is 11.3 Å². The summed E-state index contributed by atoms with van der Waals surface area (Å²) in [4.78, 5) is 20.6. The van der Waals surface area contributed by atoms with Crippen molar-refractivity contribution in [1.82, 2.24) is 4.98 Å². The van der Waals surface area contributed by atoms with E-state index in [0.29, 0.717) is 12.1 Å². The van der Waals surface area contributed by atoms with Gasteiger partial charge in [-0.15, -0.1) is 11.3 Å². The lowest BCUT2D eigenvalue weighted by atomic mass is 9.84. The smallest absolute Gasteiger partial charge is 0.335 e. The molecule has 1 fully saturated rings. The number of carbonyl (C=O) groups is 1. The van der Waals surface area contributed by atoms with Gasteiger partial charge in [0.05, 0.1) is 11.3 Å². The predicted octanol–water partition coefficient (Wildman–Crippen LogP) is 9.40. The van der Waals surface area contributed by atoms with Gasteiger partial charge in [-0.05, 0) is 65.3 Å². The molecule has 6 heteroatoms. The molecule has 44 heavy (non-hydrogen) atoms. The zero-order valence-corrected chi connectivity index (χ0v) is 26.0. The Labute approximate surface area is 264 Å². The minimum Gasteiger partial charge on any atom is -0.478 e. The molecule has 6 rings (SSSR count). The molecule has 4 aromatic carbocycles. The molecule has 1 aromatic heterocycles. The maximum Gasteiger partial charge on any atom is 0.335 e. The van der Waals surface area contributed by atoms with Crippen molar-refractivity contribution in [1.29, 1.82) is 0 Å². The maximum atomic E-state index is 11.2. The Morgan fingerprint density at radius 3 is 2.05 bits per heavy atom. The third-order valence-corrected chi connectivity index (χ3v) is 9.57. The van der Waals surface area contributed by atoms with E-state index in [2.05, 4.69) is 94.0 Å². The number of nitrogens with zero attached hydrogens (tertiary/aromatic N) is 3. The number of aromatic carboxylic acids is 1. The Hall–Kier alpha value is -4.42. The van der Waals surface area contributed by atoms with Crippen molar-refractivity contribution >= 4 is 28.1 Å². The Kier molecular flexibility index (Phi) is 9.37. The molecule has 0 amide bonds. The fourth-order valence-corrected chi connectivity index (χ4v) is 6.90. The normalized spacial score (nSPS) is 13.5. The standard InChI is InChI=1S/C38H39N3O2S/c1-40(24-29-14-18-34(19-15-29)37(42)43)38-39-36(27-44-38)33-20-22-35(23-21-33)41(25-28-8-4-2-5-9-28)26-30-12-16-32(17-13-30)31-10-6-3-7-11-31/h2,4-5,8-9,12-23,27,31H,3,6-7,10-11,24-26H2,1H3,(H,42,43). The summed E-state index contributed by atoms with van der Waals surface area (Å²) in [5, 5.41) is 12.2. The highest BCUT2D eigenvalue weighted by Gasteiger charge is 2.16. The number of rotatable bonds is 11. The number of benzene rings is 4. The minimum atomic E-state index is -0.910. The van der Waals surface area contributed by atoms with E-state index in [1.807, 2.05) is 19.2 Å². The average molecular weight is 602 g/mol. The summed E-state index contributed by atoms with van der Waals surface area (Å²) in [6.07, 6.45) is 6.75. The highest BCUT2D eigenvalue weighted by molar-refractivity contribution is 7.14. The average Bonchev–Trinajstić information content (AvgIpc) is 3.57. The number of carboxylic acid groups (broad SMARTS) is 1. The van der Waals surface area contributed by atoms with E-state index in [0.717, 1.165) is 41.0 Å². The van der Waals surface area contributed by atoms with Crippen molar-refractivity contribution in [2.75, 3.05) is 16.8 Å². The molecule has 1 heterocycles. The van der Waals surface area contributed by atoms with Crippen molar-refractivity contribution in [3.05, 3.63) is 136 Å². The van der Waals surface area contributed by atoms with Crippen molar-refractivity contribution in [2.24, 2.45) is 0 Å². The third-order valence-electron chi connectivity index (χ3n) is 8.61. The van der Waals surface area contributed by atoms with Gasteiger partial charge in [0.15, 0.2) is 5.13 Å². The Bertz CT molecular complexity index is 1640. The van der Waals surface area contributed by atoms with Crippen LogP contribution in [0, 0.1) is 0 Å². The molecule has 0 bridgehead atoms. The van der Waals surface area contributed by atoms with E-state index in [-0.39, 0.29) is 0 Å². The fourth-order valence-electron chi connectivity index (χ4n) is 6.10. The van der Waals surface area contributed by atoms with Gasteiger partial charge in [0.2, 0.25) is 0 Å². The van der Waals surface area contributed by atoms with Crippen LogP contribution in [0.25, 0.3) is 11.3 Å². The molecule has 0 saturated heterocycles. The molecule has 0 unspecified atom stereocenters. The Morgan fingerprint density at radius 2 is 1.39 bits per heavy atom. The first kappa shape index (κ1) is 29.6. The quantitative estimate of drug-likeness (QED) is 0.163. The van der Waals surface area contributed by atoms with Gasteiger partial charge in [0.25, 0.3) is 0 Å². The minimum absolute atomic E-state index is 0.297. The number of aromatic nitrogens is 1.